The van der Waals surface area contributed by atoms with Crippen molar-refractivity contribution < 1.29 is 0 Å². The molecule has 1 saturated heterocycles. The van der Waals surface area contributed by atoms with Gasteiger partial charge in [-0.15, -0.1) is 11.3 Å². The quantitative estimate of drug-likeness (QED) is 0.762. The molecular formula is C15H26N2S. The molecule has 0 amide bonds. The van der Waals surface area contributed by atoms with Crippen LogP contribution in [-0.4, -0.2) is 31.1 Å². The van der Waals surface area contributed by atoms with Gasteiger partial charge in [-0.05, 0) is 64.0 Å². The first-order valence-corrected chi connectivity index (χ1v) is 8.21. The monoisotopic (exact) mass is 266 g/mol. The summed E-state index contributed by atoms with van der Waals surface area (Å²) in [6.07, 6.45) is 6.70. The lowest BCUT2D eigenvalue weighted by Gasteiger charge is -2.26. The second-order valence-corrected chi connectivity index (χ2v) is 6.41. The maximum Gasteiger partial charge on any atom is 0.0299 e. The molecular weight excluding hydrogens is 240 g/mol. The predicted octanol–water partition coefficient (Wildman–Crippen LogP) is 3.28. The van der Waals surface area contributed by atoms with E-state index in [9.17, 15) is 0 Å². The van der Waals surface area contributed by atoms with Crippen molar-refractivity contribution in [3.63, 3.8) is 0 Å². The molecule has 2 nitrogen and oxygen atoms in total. The van der Waals surface area contributed by atoms with E-state index in [1.165, 1.54) is 61.5 Å². The zero-order valence-corrected chi connectivity index (χ0v) is 12.4. The summed E-state index contributed by atoms with van der Waals surface area (Å²) in [7, 11) is 0. The Morgan fingerprint density at radius 2 is 1.94 bits per heavy atom. The van der Waals surface area contributed by atoms with Gasteiger partial charge in [-0.2, -0.15) is 0 Å². The van der Waals surface area contributed by atoms with E-state index in [0.717, 1.165) is 13.1 Å². The summed E-state index contributed by atoms with van der Waals surface area (Å²) in [4.78, 5) is 5.59. The van der Waals surface area contributed by atoms with Crippen molar-refractivity contribution in [1.29, 1.82) is 0 Å². The number of nitrogens with one attached hydrogen (secondary N) is 1. The SMILES string of the molecule is CCc1ccc(CNCCCN2CCCCC2)s1. The van der Waals surface area contributed by atoms with Crippen LogP contribution >= 0.6 is 11.3 Å². The highest BCUT2D eigenvalue weighted by molar-refractivity contribution is 7.11. The Morgan fingerprint density at radius 3 is 2.67 bits per heavy atom. The Balaban J connectivity index is 1.52. The number of hydrogen-bond donors (Lipinski definition) is 1. The van der Waals surface area contributed by atoms with Crippen molar-refractivity contribution in [2.75, 3.05) is 26.2 Å². The first-order chi connectivity index (χ1) is 8.88. The lowest BCUT2D eigenvalue weighted by Crippen LogP contribution is -2.32. The molecule has 1 fully saturated rings. The molecule has 0 spiro atoms. The van der Waals surface area contributed by atoms with Crippen LogP contribution < -0.4 is 5.32 Å². The topological polar surface area (TPSA) is 15.3 Å². The first-order valence-electron chi connectivity index (χ1n) is 7.39. The molecule has 0 atom stereocenters. The standard InChI is InChI=1S/C15H26N2S/c1-2-14-7-8-15(18-14)13-16-9-6-12-17-10-4-3-5-11-17/h7-8,16H,2-6,9-13H2,1H3. The molecule has 0 bridgehead atoms. The number of nitrogens with zero attached hydrogens (tertiary/aromatic N) is 1. The zero-order valence-electron chi connectivity index (χ0n) is 11.6. The molecule has 0 radical (unpaired) electrons. The van der Waals surface area contributed by atoms with Crippen LogP contribution in [0.1, 0.15) is 42.4 Å². The maximum absolute atomic E-state index is 3.56. The first kappa shape index (κ1) is 14.0. The van der Waals surface area contributed by atoms with Crippen molar-refractivity contribution in [1.82, 2.24) is 10.2 Å². The van der Waals surface area contributed by atoms with E-state index in [1.807, 2.05) is 11.3 Å². The summed E-state index contributed by atoms with van der Waals surface area (Å²) < 4.78 is 0. The summed E-state index contributed by atoms with van der Waals surface area (Å²) in [5.74, 6) is 0. The molecule has 3 heteroatoms. The highest BCUT2D eigenvalue weighted by atomic mass is 32.1. The van der Waals surface area contributed by atoms with Crippen LogP contribution in [0.4, 0.5) is 0 Å². The minimum absolute atomic E-state index is 1.05. The van der Waals surface area contributed by atoms with Crippen molar-refractivity contribution in [3.05, 3.63) is 21.9 Å². The molecule has 1 aromatic heterocycles. The number of piperidine rings is 1. The highest BCUT2D eigenvalue weighted by Crippen LogP contribution is 2.16. The third-order valence-electron chi connectivity index (χ3n) is 3.64. The lowest BCUT2D eigenvalue weighted by atomic mass is 10.1. The van der Waals surface area contributed by atoms with Gasteiger partial charge in [0.2, 0.25) is 0 Å². The third-order valence-corrected chi connectivity index (χ3v) is 4.87. The van der Waals surface area contributed by atoms with E-state index in [2.05, 4.69) is 29.3 Å². The number of rotatable bonds is 7. The molecule has 102 valence electrons. The van der Waals surface area contributed by atoms with Gasteiger partial charge in [-0.25, -0.2) is 0 Å². The Hall–Kier alpha value is -0.380. The summed E-state index contributed by atoms with van der Waals surface area (Å²) in [6.45, 7) is 8.34. The zero-order chi connectivity index (χ0) is 12.6. The number of hydrogen-bond acceptors (Lipinski definition) is 3. The molecule has 1 N–H and O–H groups in total. The average molecular weight is 266 g/mol. The fourth-order valence-corrected chi connectivity index (χ4v) is 3.46. The van der Waals surface area contributed by atoms with E-state index < -0.39 is 0 Å². The number of likely N-dealkylation sites (tertiary alicyclic amines) is 1. The Bertz CT molecular complexity index is 329. The second kappa shape index (κ2) is 7.93. The van der Waals surface area contributed by atoms with Gasteiger partial charge in [0.05, 0.1) is 0 Å². The van der Waals surface area contributed by atoms with Crippen LogP contribution in [0, 0.1) is 0 Å². The van der Waals surface area contributed by atoms with Gasteiger partial charge in [-0.3, -0.25) is 0 Å². The molecule has 0 aliphatic carbocycles. The fourth-order valence-electron chi connectivity index (χ4n) is 2.53. The molecule has 1 aromatic rings. The molecule has 0 aromatic carbocycles. The highest BCUT2D eigenvalue weighted by Gasteiger charge is 2.08. The molecule has 2 heterocycles. The van der Waals surface area contributed by atoms with Crippen LogP contribution in [-0.2, 0) is 13.0 Å². The van der Waals surface area contributed by atoms with E-state index in [4.69, 9.17) is 0 Å². The summed E-state index contributed by atoms with van der Waals surface area (Å²) >= 11 is 1.95. The molecule has 18 heavy (non-hydrogen) atoms. The van der Waals surface area contributed by atoms with Gasteiger partial charge in [0, 0.05) is 16.3 Å². The average Bonchev–Trinajstić information content (AvgIpc) is 2.87. The van der Waals surface area contributed by atoms with Crippen LogP contribution in [0.5, 0.6) is 0 Å². The Kier molecular flexibility index (Phi) is 6.18. The van der Waals surface area contributed by atoms with Gasteiger partial charge in [0.25, 0.3) is 0 Å². The van der Waals surface area contributed by atoms with E-state index in [1.54, 1.807) is 0 Å². The van der Waals surface area contributed by atoms with Crippen LogP contribution in [0.2, 0.25) is 0 Å². The molecule has 1 aliphatic heterocycles. The summed E-state index contributed by atoms with van der Waals surface area (Å²) in [5.41, 5.74) is 0. The molecule has 2 rings (SSSR count). The van der Waals surface area contributed by atoms with Gasteiger partial charge in [-0.1, -0.05) is 13.3 Å². The van der Waals surface area contributed by atoms with Gasteiger partial charge in [0.1, 0.15) is 0 Å². The predicted molar refractivity (Wildman–Crippen MR) is 80.3 cm³/mol. The molecule has 0 unspecified atom stereocenters. The smallest absolute Gasteiger partial charge is 0.0299 e. The van der Waals surface area contributed by atoms with Crippen LogP contribution in [0.15, 0.2) is 12.1 Å². The van der Waals surface area contributed by atoms with E-state index >= 15 is 0 Å². The maximum atomic E-state index is 3.56. The van der Waals surface area contributed by atoms with Crippen LogP contribution in [0.25, 0.3) is 0 Å². The fraction of sp³-hybridized carbons (Fsp3) is 0.733. The largest absolute Gasteiger partial charge is 0.312 e. The normalized spacial score (nSPS) is 17.2. The summed E-state index contributed by atoms with van der Waals surface area (Å²) in [5, 5.41) is 3.56. The van der Waals surface area contributed by atoms with Crippen molar-refractivity contribution in [3.8, 4) is 0 Å². The minimum Gasteiger partial charge on any atom is -0.312 e. The second-order valence-electron chi connectivity index (χ2n) is 5.15. The Labute approximate surface area is 115 Å². The van der Waals surface area contributed by atoms with E-state index in [-0.39, 0.29) is 0 Å². The minimum atomic E-state index is 1.05. The van der Waals surface area contributed by atoms with E-state index in [0.29, 0.717) is 0 Å². The van der Waals surface area contributed by atoms with Crippen molar-refractivity contribution >= 4 is 11.3 Å². The summed E-state index contributed by atoms with van der Waals surface area (Å²) in [6, 6.07) is 4.52. The Morgan fingerprint density at radius 1 is 1.17 bits per heavy atom. The number of thiophene rings is 1. The van der Waals surface area contributed by atoms with Gasteiger partial charge in [0.15, 0.2) is 0 Å². The van der Waals surface area contributed by atoms with Gasteiger partial charge < -0.3 is 10.2 Å². The molecule has 1 aliphatic rings. The van der Waals surface area contributed by atoms with Gasteiger partial charge >= 0.3 is 0 Å². The lowest BCUT2D eigenvalue weighted by molar-refractivity contribution is 0.226. The third kappa shape index (κ3) is 4.71. The molecule has 0 saturated carbocycles. The van der Waals surface area contributed by atoms with Crippen molar-refractivity contribution in [2.45, 2.75) is 45.6 Å². The number of aryl methyl sites for hydroxylation is 1. The van der Waals surface area contributed by atoms with Crippen LogP contribution in [0.3, 0.4) is 0 Å². The van der Waals surface area contributed by atoms with Crippen molar-refractivity contribution in [2.24, 2.45) is 0 Å².